The van der Waals surface area contributed by atoms with Crippen LogP contribution in [0.15, 0.2) is 40.6 Å². The number of benzene rings is 1. The van der Waals surface area contributed by atoms with Gasteiger partial charge in [0, 0.05) is 13.0 Å². The van der Waals surface area contributed by atoms with Crippen LogP contribution in [0.3, 0.4) is 0 Å². The highest BCUT2D eigenvalue weighted by Crippen LogP contribution is 2.54. The van der Waals surface area contributed by atoms with Gasteiger partial charge in [0.1, 0.15) is 0 Å². The molecule has 0 aromatic heterocycles. The highest BCUT2D eigenvalue weighted by atomic mass is 15.2. The van der Waals surface area contributed by atoms with Crippen LogP contribution < -0.4 is 0 Å². The predicted octanol–water partition coefficient (Wildman–Crippen LogP) is 3.01. The smallest absolute Gasteiger partial charge is 0.0863 e. The van der Waals surface area contributed by atoms with Crippen LogP contribution in [0, 0.1) is 0 Å². The normalized spacial score (nSPS) is 32.3. The fourth-order valence-corrected chi connectivity index (χ4v) is 1.86. The van der Waals surface area contributed by atoms with Gasteiger partial charge in [-0.3, -0.25) is 0 Å². The largest absolute Gasteiger partial charge is 0.197 e. The molecule has 1 aromatic carbocycles. The van der Waals surface area contributed by atoms with Crippen LogP contribution in [-0.2, 0) is 0 Å². The average Bonchev–Trinajstić information content (AvgIpc) is 2.80. The molecule has 2 rings (SSSR count). The highest BCUT2D eigenvalue weighted by molar-refractivity contribution is 5.32. The van der Waals surface area contributed by atoms with Crippen molar-refractivity contribution in [2.75, 3.05) is 7.05 Å². The van der Waals surface area contributed by atoms with E-state index in [2.05, 4.69) is 41.4 Å². The van der Waals surface area contributed by atoms with E-state index < -0.39 is 0 Å². The summed E-state index contributed by atoms with van der Waals surface area (Å²) in [4.78, 5) is 0. The number of rotatable bonds is 2. The summed E-state index contributed by atoms with van der Waals surface area (Å²) < 4.78 is 0. The summed E-state index contributed by atoms with van der Waals surface area (Å²) in [5.74, 6) is 0.581. The second-order valence-corrected chi connectivity index (χ2v) is 3.82. The van der Waals surface area contributed by atoms with Crippen molar-refractivity contribution in [2.45, 2.75) is 24.8 Å². The maximum Gasteiger partial charge on any atom is 0.0863 e. The molecular formula is C11H14N2. The van der Waals surface area contributed by atoms with Crippen molar-refractivity contribution >= 4 is 0 Å². The molecule has 1 aliphatic rings. The third-order valence-electron chi connectivity index (χ3n) is 2.74. The number of nitrogens with zero attached hydrogens (tertiary/aromatic N) is 2. The maximum absolute atomic E-state index is 4.25. The topological polar surface area (TPSA) is 24.7 Å². The lowest BCUT2D eigenvalue weighted by Crippen LogP contribution is -1.99. The lowest BCUT2D eigenvalue weighted by atomic mass is 10.1. The summed E-state index contributed by atoms with van der Waals surface area (Å²) in [7, 11) is 1.74. The summed E-state index contributed by atoms with van der Waals surface area (Å²) in [6.07, 6.45) is 1.13. The molecule has 1 fully saturated rings. The van der Waals surface area contributed by atoms with Gasteiger partial charge in [-0.25, -0.2) is 0 Å². The number of azo groups is 1. The molecule has 0 spiro atoms. The van der Waals surface area contributed by atoms with Crippen LogP contribution in [0.5, 0.6) is 0 Å². The van der Waals surface area contributed by atoms with Crippen molar-refractivity contribution in [3.8, 4) is 0 Å². The zero-order chi connectivity index (χ0) is 9.31. The molecule has 68 valence electrons. The Labute approximate surface area is 78.7 Å². The van der Waals surface area contributed by atoms with Gasteiger partial charge in [0.05, 0.1) is 5.54 Å². The van der Waals surface area contributed by atoms with E-state index in [1.54, 1.807) is 7.05 Å². The quantitative estimate of drug-likeness (QED) is 0.616. The SMILES string of the molecule is CN=N[C@]1(C)C[C@H]1c1ccccc1. The van der Waals surface area contributed by atoms with Crippen molar-refractivity contribution in [2.24, 2.45) is 10.2 Å². The Morgan fingerprint density at radius 3 is 2.62 bits per heavy atom. The van der Waals surface area contributed by atoms with Gasteiger partial charge in [-0.15, -0.1) is 0 Å². The van der Waals surface area contributed by atoms with Crippen molar-refractivity contribution in [3.63, 3.8) is 0 Å². The zero-order valence-electron chi connectivity index (χ0n) is 8.07. The highest BCUT2D eigenvalue weighted by Gasteiger charge is 2.51. The van der Waals surface area contributed by atoms with Crippen LogP contribution in [0.1, 0.15) is 24.8 Å². The molecule has 0 radical (unpaired) electrons. The third-order valence-corrected chi connectivity index (χ3v) is 2.74. The maximum atomic E-state index is 4.25. The number of hydrogen-bond acceptors (Lipinski definition) is 2. The summed E-state index contributed by atoms with van der Waals surface area (Å²) in [5.41, 5.74) is 1.47. The molecule has 2 heteroatoms. The van der Waals surface area contributed by atoms with Crippen LogP contribution in [0.4, 0.5) is 0 Å². The standard InChI is InChI=1S/C11H14N2/c1-11(13-12-2)8-10(11)9-6-4-3-5-7-9/h3-7,10H,8H2,1-2H3/t10-,11+/m0/s1. The van der Waals surface area contributed by atoms with E-state index in [9.17, 15) is 0 Å². The molecule has 13 heavy (non-hydrogen) atoms. The summed E-state index contributed by atoms with van der Waals surface area (Å²) in [6.45, 7) is 2.16. The second kappa shape index (κ2) is 2.95. The van der Waals surface area contributed by atoms with Crippen molar-refractivity contribution in [3.05, 3.63) is 35.9 Å². The Balaban J connectivity index is 2.16. The van der Waals surface area contributed by atoms with Gasteiger partial charge in [-0.2, -0.15) is 10.2 Å². The molecule has 0 bridgehead atoms. The van der Waals surface area contributed by atoms with Gasteiger partial charge in [0.25, 0.3) is 0 Å². The zero-order valence-corrected chi connectivity index (χ0v) is 8.07. The first-order valence-electron chi connectivity index (χ1n) is 4.62. The Bertz CT molecular complexity index is 318. The summed E-state index contributed by atoms with van der Waals surface area (Å²) >= 11 is 0. The van der Waals surface area contributed by atoms with Gasteiger partial charge in [-0.1, -0.05) is 30.3 Å². The van der Waals surface area contributed by atoms with Gasteiger partial charge >= 0.3 is 0 Å². The number of hydrogen-bond donors (Lipinski definition) is 0. The molecule has 0 heterocycles. The molecular weight excluding hydrogens is 160 g/mol. The molecule has 0 saturated heterocycles. The molecule has 2 atom stereocenters. The molecule has 0 aliphatic heterocycles. The molecule has 0 amide bonds. The van der Waals surface area contributed by atoms with Gasteiger partial charge < -0.3 is 0 Å². The average molecular weight is 174 g/mol. The Morgan fingerprint density at radius 2 is 2.00 bits per heavy atom. The fourth-order valence-electron chi connectivity index (χ4n) is 1.86. The van der Waals surface area contributed by atoms with E-state index in [4.69, 9.17) is 0 Å². The molecule has 0 unspecified atom stereocenters. The Kier molecular flexibility index (Phi) is 1.91. The van der Waals surface area contributed by atoms with Crippen molar-refractivity contribution in [1.82, 2.24) is 0 Å². The van der Waals surface area contributed by atoms with Gasteiger partial charge in [-0.05, 0) is 18.9 Å². The predicted molar refractivity (Wildman–Crippen MR) is 53.0 cm³/mol. The fraction of sp³-hybridized carbons (Fsp3) is 0.455. The van der Waals surface area contributed by atoms with E-state index in [0.717, 1.165) is 6.42 Å². The molecule has 0 N–H and O–H groups in total. The minimum Gasteiger partial charge on any atom is -0.197 e. The molecule has 2 nitrogen and oxygen atoms in total. The van der Waals surface area contributed by atoms with Crippen LogP contribution in [-0.4, -0.2) is 12.6 Å². The van der Waals surface area contributed by atoms with E-state index in [0.29, 0.717) is 5.92 Å². The first-order valence-corrected chi connectivity index (χ1v) is 4.62. The molecule has 1 saturated carbocycles. The summed E-state index contributed by atoms with van der Waals surface area (Å²) in [5, 5.41) is 8.12. The van der Waals surface area contributed by atoms with Crippen molar-refractivity contribution < 1.29 is 0 Å². The second-order valence-electron chi connectivity index (χ2n) is 3.82. The van der Waals surface area contributed by atoms with Gasteiger partial charge in [0.15, 0.2) is 0 Å². The minimum atomic E-state index is 0.0795. The Morgan fingerprint density at radius 1 is 1.31 bits per heavy atom. The van der Waals surface area contributed by atoms with Crippen molar-refractivity contribution in [1.29, 1.82) is 0 Å². The van der Waals surface area contributed by atoms with E-state index in [-0.39, 0.29) is 5.54 Å². The lowest BCUT2D eigenvalue weighted by molar-refractivity contribution is 0.678. The first-order chi connectivity index (χ1) is 6.26. The monoisotopic (exact) mass is 174 g/mol. The summed E-state index contributed by atoms with van der Waals surface area (Å²) in [6, 6.07) is 10.5. The lowest BCUT2D eigenvalue weighted by Gasteiger charge is -2.02. The van der Waals surface area contributed by atoms with E-state index >= 15 is 0 Å². The van der Waals surface area contributed by atoms with Crippen LogP contribution >= 0.6 is 0 Å². The Hall–Kier alpha value is -1.18. The first kappa shape index (κ1) is 8.42. The van der Waals surface area contributed by atoms with Crippen LogP contribution in [0.25, 0.3) is 0 Å². The van der Waals surface area contributed by atoms with Crippen LogP contribution in [0.2, 0.25) is 0 Å². The van der Waals surface area contributed by atoms with E-state index in [1.165, 1.54) is 5.56 Å². The van der Waals surface area contributed by atoms with E-state index in [1.807, 2.05) is 6.07 Å². The van der Waals surface area contributed by atoms with Gasteiger partial charge in [0.2, 0.25) is 0 Å². The minimum absolute atomic E-state index is 0.0795. The third kappa shape index (κ3) is 1.48. The molecule has 1 aliphatic carbocycles. The molecule has 1 aromatic rings.